The van der Waals surface area contributed by atoms with Crippen molar-refractivity contribution in [1.82, 2.24) is 0 Å². The second-order valence-electron chi connectivity index (χ2n) is 5.13. The molecule has 0 heterocycles. The molecule has 0 saturated carbocycles. The van der Waals surface area contributed by atoms with E-state index in [0.29, 0.717) is 5.25 Å². The molecule has 2 N–H and O–H groups in total. The average Bonchev–Trinajstić information content (AvgIpc) is 2.28. The first kappa shape index (κ1) is 14.6. The van der Waals surface area contributed by atoms with Crippen LogP contribution in [-0.2, 0) is 0 Å². The number of hydrogen-bond donors (Lipinski definition) is 1. The lowest BCUT2D eigenvalue weighted by atomic mass is 10.0. The smallest absolute Gasteiger partial charge is 0.0448 e. The molecule has 0 radical (unpaired) electrons. The van der Waals surface area contributed by atoms with Crippen LogP contribution in [0.5, 0.6) is 0 Å². The lowest BCUT2D eigenvalue weighted by molar-refractivity contribution is 0.630. The second kappa shape index (κ2) is 7.07. The fourth-order valence-electron chi connectivity index (χ4n) is 1.82. The maximum absolute atomic E-state index is 6.26. The Labute approximate surface area is 110 Å². The molecule has 2 heteroatoms. The fourth-order valence-corrected chi connectivity index (χ4v) is 3.20. The Balaban J connectivity index is 2.82. The molecule has 0 saturated heterocycles. The van der Waals surface area contributed by atoms with E-state index >= 15 is 0 Å². The van der Waals surface area contributed by atoms with E-state index in [1.54, 1.807) is 0 Å². The quantitative estimate of drug-likeness (QED) is 0.821. The molecular formula is C15H25NS. The van der Waals surface area contributed by atoms with Crippen LogP contribution < -0.4 is 5.73 Å². The second-order valence-corrected chi connectivity index (χ2v) is 6.31. The zero-order valence-corrected chi connectivity index (χ0v) is 12.3. The summed E-state index contributed by atoms with van der Waals surface area (Å²) in [7, 11) is 0. The van der Waals surface area contributed by atoms with E-state index in [4.69, 9.17) is 5.73 Å². The predicted octanol–water partition coefficient (Wildman–Crippen LogP) is 4.16. The molecule has 0 fully saturated rings. The molecule has 1 aromatic rings. The van der Waals surface area contributed by atoms with Crippen molar-refractivity contribution in [3.63, 3.8) is 0 Å². The lowest BCUT2D eigenvalue weighted by Gasteiger charge is -2.24. The summed E-state index contributed by atoms with van der Waals surface area (Å²) in [6.45, 7) is 8.84. The van der Waals surface area contributed by atoms with Gasteiger partial charge in [0.2, 0.25) is 0 Å². The highest BCUT2D eigenvalue weighted by atomic mass is 32.2. The van der Waals surface area contributed by atoms with Gasteiger partial charge in [0.25, 0.3) is 0 Å². The summed E-state index contributed by atoms with van der Waals surface area (Å²) in [5.41, 5.74) is 8.96. The molecule has 0 spiro atoms. The van der Waals surface area contributed by atoms with E-state index in [2.05, 4.69) is 52.0 Å². The number of nitrogens with two attached hydrogens (primary N) is 1. The average molecular weight is 251 g/mol. The van der Waals surface area contributed by atoms with Gasteiger partial charge in [0.1, 0.15) is 0 Å². The van der Waals surface area contributed by atoms with Crippen molar-refractivity contribution < 1.29 is 0 Å². The number of benzene rings is 1. The largest absolute Gasteiger partial charge is 0.326 e. The summed E-state index contributed by atoms with van der Waals surface area (Å²) in [5, 5.41) is 0.433. The number of hydrogen-bond acceptors (Lipinski definition) is 2. The minimum absolute atomic E-state index is 0.251. The van der Waals surface area contributed by atoms with E-state index in [1.807, 2.05) is 11.8 Å². The van der Waals surface area contributed by atoms with Gasteiger partial charge >= 0.3 is 0 Å². The summed E-state index contributed by atoms with van der Waals surface area (Å²) >= 11 is 2.00. The minimum atomic E-state index is 0.251. The van der Waals surface area contributed by atoms with E-state index in [9.17, 15) is 0 Å². The van der Waals surface area contributed by atoms with Gasteiger partial charge < -0.3 is 5.73 Å². The molecular weight excluding hydrogens is 226 g/mol. The molecule has 17 heavy (non-hydrogen) atoms. The zero-order valence-electron chi connectivity index (χ0n) is 11.4. The molecule has 0 bridgehead atoms. The normalized spacial score (nSPS) is 14.9. The summed E-state index contributed by atoms with van der Waals surface area (Å²) in [6, 6.07) is 9.01. The molecule has 2 atom stereocenters. The predicted molar refractivity (Wildman–Crippen MR) is 79.5 cm³/mol. The van der Waals surface area contributed by atoms with Crippen LogP contribution in [0, 0.1) is 12.8 Å². The highest BCUT2D eigenvalue weighted by Gasteiger charge is 2.19. The first-order valence-corrected chi connectivity index (χ1v) is 7.53. The Hall–Kier alpha value is -0.470. The van der Waals surface area contributed by atoms with E-state index in [1.165, 1.54) is 16.9 Å². The highest BCUT2D eigenvalue weighted by Crippen LogP contribution is 2.34. The fraction of sp³-hybridized carbons (Fsp3) is 0.600. The third-order valence-corrected chi connectivity index (χ3v) is 4.68. The van der Waals surface area contributed by atoms with Gasteiger partial charge in [-0.25, -0.2) is 0 Å². The first-order chi connectivity index (χ1) is 8.04. The van der Waals surface area contributed by atoms with Crippen molar-refractivity contribution in [3.8, 4) is 0 Å². The van der Waals surface area contributed by atoms with Crippen LogP contribution in [0.4, 0.5) is 0 Å². The number of thioether (sulfide) groups is 1. The standard InChI is InChI=1S/C15H25NS/c1-5-14(16)15(17-10-11(2)3)13-8-6-7-12(4)9-13/h6-9,11,14-15H,5,10,16H2,1-4H3. The Bertz CT molecular complexity index is 335. The van der Waals surface area contributed by atoms with E-state index in [-0.39, 0.29) is 6.04 Å². The van der Waals surface area contributed by atoms with Crippen molar-refractivity contribution in [3.05, 3.63) is 35.4 Å². The first-order valence-electron chi connectivity index (χ1n) is 6.48. The van der Waals surface area contributed by atoms with Gasteiger partial charge in [-0.05, 0) is 30.6 Å². The maximum Gasteiger partial charge on any atom is 0.0448 e. The molecule has 1 rings (SSSR count). The van der Waals surface area contributed by atoms with Crippen LogP contribution in [0.3, 0.4) is 0 Å². The van der Waals surface area contributed by atoms with Crippen LogP contribution in [0.1, 0.15) is 43.6 Å². The van der Waals surface area contributed by atoms with Gasteiger partial charge in [-0.15, -0.1) is 0 Å². The SMILES string of the molecule is CCC(N)C(SCC(C)C)c1cccc(C)c1. The molecule has 0 aliphatic rings. The lowest BCUT2D eigenvalue weighted by Crippen LogP contribution is -2.26. The topological polar surface area (TPSA) is 26.0 Å². The van der Waals surface area contributed by atoms with Gasteiger partial charge in [0, 0.05) is 11.3 Å². The third-order valence-electron chi connectivity index (χ3n) is 2.84. The molecule has 1 nitrogen and oxygen atoms in total. The van der Waals surface area contributed by atoms with E-state index in [0.717, 1.165) is 12.3 Å². The van der Waals surface area contributed by atoms with E-state index < -0.39 is 0 Å². The molecule has 0 aromatic heterocycles. The number of rotatable bonds is 6. The highest BCUT2D eigenvalue weighted by molar-refractivity contribution is 7.99. The van der Waals surface area contributed by atoms with Crippen LogP contribution >= 0.6 is 11.8 Å². The number of aryl methyl sites for hydroxylation is 1. The van der Waals surface area contributed by atoms with Crippen molar-refractivity contribution in [1.29, 1.82) is 0 Å². The van der Waals surface area contributed by atoms with Crippen LogP contribution in [0.25, 0.3) is 0 Å². The van der Waals surface area contributed by atoms with Gasteiger partial charge in [-0.3, -0.25) is 0 Å². The monoisotopic (exact) mass is 251 g/mol. The van der Waals surface area contributed by atoms with Crippen LogP contribution in [0.15, 0.2) is 24.3 Å². The molecule has 0 aliphatic carbocycles. The van der Waals surface area contributed by atoms with Crippen molar-refractivity contribution >= 4 is 11.8 Å². The Kier molecular flexibility index (Phi) is 6.07. The zero-order chi connectivity index (χ0) is 12.8. The summed E-state index contributed by atoms with van der Waals surface area (Å²) in [4.78, 5) is 0. The third kappa shape index (κ3) is 4.72. The van der Waals surface area contributed by atoms with Crippen molar-refractivity contribution in [2.24, 2.45) is 11.7 Å². The molecule has 96 valence electrons. The minimum Gasteiger partial charge on any atom is -0.326 e. The summed E-state index contributed by atoms with van der Waals surface area (Å²) in [5.74, 6) is 1.89. The van der Waals surface area contributed by atoms with Gasteiger partial charge in [-0.1, -0.05) is 50.6 Å². The van der Waals surface area contributed by atoms with Gasteiger partial charge in [-0.2, -0.15) is 11.8 Å². The Morgan fingerprint density at radius 3 is 2.53 bits per heavy atom. The van der Waals surface area contributed by atoms with Crippen LogP contribution in [0.2, 0.25) is 0 Å². The molecule has 2 unspecified atom stereocenters. The molecule has 0 aliphatic heterocycles. The van der Waals surface area contributed by atoms with Crippen LogP contribution in [-0.4, -0.2) is 11.8 Å². The summed E-state index contributed by atoms with van der Waals surface area (Å²) in [6.07, 6.45) is 1.03. The Morgan fingerprint density at radius 1 is 1.29 bits per heavy atom. The van der Waals surface area contributed by atoms with Gasteiger partial charge in [0.15, 0.2) is 0 Å². The molecule has 1 aromatic carbocycles. The van der Waals surface area contributed by atoms with Crippen molar-refractivity contribution in [2.45, 2.75) is 45.4 Å². The molecule has 0 amide bonds. The van der Waals surface area contributed by atoms with Gasteiger partial charge in [0.05, 0.1) is 0 Å². The maximum atomic E-state index is 6.26. The van der Waals surface area contributed by atoms with Crippen molar-refractivity contribution in [2.75, 3.05) is 5.75 Å². The Morgan fingerprint density at radius 2 is 2.00 bits per heavy atom. The summed E-state index contributed by atoms with van der Waals surface area (Å²) < 4.78 is 0.